The summed E-state index contributed by atoms with van der Waals surface area (Å²) >= 11 is 0. The van der Waals surface area contributed by atoms with E-state index < -0.39 is 0 Å². The Morgan fingerprint density at radius 1 is 1.00 bits per heavy atom. The molecule has 0 aromatic heterocycles. The highest BCUT2D eigenvalue weighted by Crippen LogP contribution is 1.92. The fraction of sp³-hybridized carbons (Fsp3) is 0.143. The Hall–Kier alpha value is -0.0138. The second-order valence-corrected chi connectivity index (χ2v) is 1.65. The van der Waals surface area contributed by atoms with E-state index in [1.165, 1.54) is 5.56 Å². The zero-order valence-corrected chi connectivity index (χ0v) is 4.39. The number of hydrogen-bond donors (Lipinski definition) is 0. The molecule has 1 heteroatoms. The van der Waals surface area contributed by atoms with E-state index in [0.29, 0.717) is 0 Å². The van der Waals surface area contributed by atoms with Gasteiger partial charge in [0.15, 0.2) is 0 Å². The molecule has 0 bridgehead atoms. The van der Waals surface area contributed by atoms with E-state index in [0.717, 1.165) is 0 Å². The Morgan fingerprint density at radius 3 is 1.75 bits per heavy atom. The molecule has 1 rings (SSSR count). The van der Waals surface area contributed by atoms with Crippen LogP contribution in [0, 0.1) is 6.92 Å². The fourth-order valence-electron chi connectivity index (χ4n) is 0.534. The smallest absolute Gasteiger partial charge is 0.0622 e. The number of aryl methyl sites for hydroxylation is 1. The van der Waals surface area contributed by atoms with E-state index in [4.69, 9.17) is 0 Å². The van der Waals surface area contributed by atoms with Gasteiger partial charge in [0, 0.05) is 0 Å². The third-order valence-electron chi connectivity index (χ3n) is 0.940. The van der Waals surface area contributed by atoms with Gasteiger partial charge in [-0.15, -0.1) is 0 Å². The van der Waals surface area contributed by atoms with E-state index in [1.54, 1.807) is 0 Å². The molecule has 0 nitrogen and oxygen atoms in total. The lowest BCUT2D eigenvalue weighted by Gasteiger charge is -1.82. The van der Waals surface area contributed by atoms with Gasteiger partial charge in [-0.1, -0.05) is 35.9 Å². The van der Waals surface area contributed by atoms with Crippen molar-refractivity contribution in [2.75, 3.05) is 0 Å². The van der Waals surface area contributed by atoms with Crippen LogP contribution in [0.15, 0.2) is 30.3 Å². The second-order valence-electron chi connectivity index (χ2n) is 1.65. The Morgan fingerprint density at radius 2 is 1.50 bits per heavy atom. The Bertz CT molecular complexity index is 134. The van der Waals surface area contributed by atoms with Crippen molar-refractivity contribution < 1.29 is 0 Å². The van der Waals surface area contributed by atoms with Crippen LogP contribution in [-0.4, -0.2) is 23.1 Å². The SMILES string of the molecule is Cc1ccccc1.[MgH2]. The van der Waals surface area contributed by atoms with Crippen LogP contribution in [0.5, 0.6) is 0 Å². The van der Waals surface area contributed by atoms with Gasteiger partial charge in [0.1, 0.15) is 0 Å². The summed E-state index contributed by atoms with van der Waals surface area (Å²) in [4.78, 5) is 0. The molecule has 0 aliphatic heterocycles. The molecule has 0 saturated heterocycles. The highest BCUT2D eigenvalue weighted by Gasteiger charge is 1.72. The van der Waals surface area contributed by atoms with Gasteiger partial charge in [0.25, 0.3) is 0 Å². The summed E-state index contributed by atoms with van der Waals surface area (Å²) in [5, 5.41) is 0. The maximum atomic E-state index is 2.08. The molecule has 0 aliphatic carbocycles. The molecular formula is C7H10Mg. The van der Waals surface area contributed by atoms with Crippen molar-refractivity contribution in [1.82, 2.24) is 0 Å². The predicted octanol–water partition coefficient (Wildman–Crippen LogP) is 1.08. The molecular weight excluding hydrogens is 108 g/mol. The van der Waals surface area contributed by atoms with Crippen molar-refractivity contribution in [1.29, 1.82) is 0 Å². The first-order chi connectivity index (χ1) is 3.39. The van der Waals surface area contributed by atoms with E-state index in [9.17, 15) is 0 Å². The van der Waals surface area contributed by atoms with Gasteiger partial charge in [-0.2, -0.15) is 0 Å². The average Bonchev–Trinajstić information content (AvgIpc) is 1.69. The predicted molar refractivity (Wildman–Crippen MR) is 39.7 cm³/mol. The molecule has 0 N–H and O–H groups in total. The average molecular weight is 118 g/mol. The van der Waals surface area contributed by atoms with Crippen LogP contribution in [-0.2, 0) is 0 Å². The molecule has 0 atom stereocenters. The van der Waals surface area contributed by atoms with Crippen molar-refractivity contribution in [2.24, 2.45) is 0 Å². The normalized spacial score (nSPS) is 7.62. The Kier molecular flexibility index (Phi) is 3.92. The molecule has 0 fully saturated rings. The summed E-state index contributed by atoms with van der Waals surface area (Å²) in [6.45, 7) is 2.08. The van der Waals surface area contributed by atoms with Crippen LogP contribution in [0.1, 0.15) is 5.56 Å². The zero-order valence-electron chi connectivity index (χ0n) is 4.39. The summed E-state index contributed by atoms with van der Waals surface area (Å²) < 4.78 is 0. The third-order valence-corrected chi connectivity index (χ3v) is 0.940. The molecule has 8 heavy (non-hydrogen) atoms. The highest BCUT2D eigenvalue weighted by molar-refractivity contribution is 5.75. The van der Waals surface area contributed by atoms with E-state index in [-0.39, 0.29) is 23.1 Å². The lowest BCUT2D eigenvalue weighted by atomic mass is 10.2. The van der Waals surface area contributed by atoms with Crippen molar-refractivity contribution in [3.8, 4) is 0 Å². The van der Waals surface area contributed by atoms with Gasteiger partial charge in [-0.05, 0) is 6.92 Å². The number of hydrogen-bond acceptors (Lipinski definition) is 0. The number of benzene rings is 1. The minimum absolute atomic E-state index is 0. The summed E-state index contributed by atoms with van der Waals surface area (Å²) in [7, 11) is 0. The Labute approximate surface area is 66.1 Å². The summed E-state index contributed by atoms with van der Waals surface area (Å²) in [5.41, 5.74) is 1.32. The van der Waals surface area contributed by atoms with Crippen LogP contribution in [0.25, 0.3) is 0 Å². The van der Waals surface area contributed by atoms with E-state index in [1.807, 2.05) is 18.2 Å². The van der Waals surface area contributed by atoms with Crippen molar-refractivity contribution in [3.05, 3.63) is 35.9 Å². The first kappa shape index (κ1) is 7.99. The molecule has 0 radical (unpaired) electrons. The first-order valence-electron chi connectivity index (χ1n) is 2.41. The Balaban J connectivity index is 0.000000490. The maximum Gasteiger partial charge on any atom is 0.316 e. The summed E-state index contributed by atoms with van der Waals surface area (Å²) in [5.74, 6) is 0. The van der Waals surface area contributed by atoms with E-state index in [2.05, 4.69) is 19.1 Å². The largest absolute Gasteiger partial charge is 0.316 e. The zero-order chi connectivity index (χ0) is 5.11. The van der Waals surface area contributed by atoms with Crippen LogP contribution in [0.3, 0.4) is 0 Å². The molecule has 40 valence electrons. The quantitative estimate of drug-likeness (QED) is 0.447. The van der Waals surface area contributed by atoms with Crippen LogP contribution < -0.4 is 0 Å². The molecule has 0 amide bonds. The maximum absolute atomic E-state index is 2.08. The van der Waals surface area contributed by atoms with Gasteiger partial charge in [-0.3, -0.25) is 0 Å². The monoisotopic (exact) mass is 118 g/mol. The molecule has 0 saturated carbocycles. The molecule has 1 aromatic carbocycles. The topological polar surface area (TPSA) is 0 Å². The minimum atomic E-state index is 0. The summed E-state index contributed by atoms with van der Waals surface area (Å²) in [6, 6.07) is 10.3. The van der Waals surface area contributed by atoms with Crippen molar-refractivity contribution in [2.45, 2.75) is 6.92 Å². The molecule has 0 heterocycles. The van der Waals surface area contributed by atoms with Gasteiger partial charge >= 0.3 is 23.1 Å². The van der Waals surface area contributed by atoms with Gasteiger partial charge in [0.05, 0.1) is 0 Å². The fourth-order valence-corrected chi connectivity index (χ4v) is 0.534. The number of rotatable bonds is 0. The lowest BCUT2D eigenvalue weighted by molar-refractivity contribution is 1.48. The van der Waals surface area contributed by atoms with Crippen LogP contribution >= 0.6 is 0 Å². The van der Waals surface area contributed by atoms with Gasteiger partial charge < -0.3 is 0 Å². The minimum Gasteiger partial charge on any atom is -0.0622 e. The van der Waals surface area contributed by atoms with Gasteiger partial charge in [-0.25, -0.2) is 0 Å². The third kappa shape index (κ3) is 2.33. The first-order valence-corrected chi connectivity index (χ1v) is 2.41. The molecule has 0 aliphatic rings. The van der Waals surface area contributed by atoms with Crippen LogP contribution in [0.2, 0.25) is 0 Å². The van der Waals surface area contributed by atoms with E-state index >= 15 is 0 Å². The molecule has 0 spiro atoms. The summed E-state index contributed by atoms with van der Waals surface area (Å²) in [6.07, 6.45) is 0. The highest BCUT2D eigenvalue weighted by atomic mass is 24.3. The van der Waals surface area contributed by atoms with Crippen LogP contribution in [0.4, 0.5) is 0 Å². The van der Waals surface area contributed by atoms with Gasteiger partial charge in [0.2, 0.25) is 0 Å². The van der Waals surface area contributed by atoms with Crippen molar-refractivity contribution >= 4 is 23.1 Å². The van der Waals surface area contributed by atoms with Crippen molar-refractivity contribution in [3.63, 3.8) is 0 Å². The lowest BCUT2D eigenvalue weighted by Crippen LogP contribution is -1.62. The molecule has 1 aromatic rings. The second kappa shape index (κ2) is 3.93. The molecule has 0 unspecified atom stereocenters. The standard InChI is InChI=1S/C7H8.Mg.2H/c1-7-5-3-2-4-6-7;;;/h2-6H,1H3;;;.